The molecule has 2 unspecified atom stereocenters. The van der Waals surface area contributed by atoms with E-state index in [1.165, 1.54) is 6.07 Å². The molecular weight excluding hydrogens is 275 g/mol. The minimum atomic E-state index is -1.12. The van der Waals surface area contributed by atoms with E-state index in [1.807, 2.05) is 0 Å². The minimum absolute atomic E-state index is 0.0226. The van der Waals surface area contributed by atoms with E-state index >= 15 is 0 Å². The number of ether oxygens (including phenoxy) is 1. The fourth-order valence-corrected chi connectivity index (χ4v) is 2.25. The number of rotatable bonds is 5. The molecule has 1 aromatic carbocycles. The molecule has 1 heterocycles. The summed E-state index contributed by atoms with van der Waals surface area (Å²) >= 11 is 0. The molecule has 2 atom stereocenters. The maximum Gasteiger partial charge on any atom is 0.334 e. The lowest BCUT2D eigenvalue weighted by atomic mass is 9.94. The van der Waals surface area contributed by atoms with Crippen LogP contribution in [0, 0.1) is 11.7 Å². The minimum Gasteiger partial charge on any atom is -0.481 e. The van der Waals surface area contributed by atoms with E-state index in [0.29, 0.717) is 18.4 Å². The molecule has 110 valence electrons. The van der Waals surface area contributed by atoms with E-state index in [0.717, 1.165) is 0 Å². The maximum absolute atomic E-state index is 13.4. The molecule has 4 nitrogen and oxygen atoms in total. The van der Waals surface area contributed by atoms with Crippen molar-refractivity contribution in [2.45, 2.75) is 18.9 Å². The molecule has 1 fully saturated rings. The number of aliphatic carboxylic acids is 1. The molecule has 0 aliphatic carbocycles. The normalized spacial score (nSPS) is 21.8. The molecule has 1 saturated heterocycles. The molecule has 0 radical (unpaired) electrons. The lowest BCUT2D eigenvalue weighted by molar-refractivity contribution is -0.144. The number of halogens is 1. The van der Waals surface area contributed by atoms with E-state index in [4.69, 9.17) is 9.84 Å². The highest BCUT2D eigenvalue weighted by Gasteiger charge is 2.42. The first kappa shape index (κ1) is 15.0. The molecule has 1 aliphatic rings. The Bertz CT molecular complexity index is 606. The quantitative estimate of drug-likeness (QED) is 0.669. The molecule has 0 bridgehead atoms. The number of benzene rings is 1. The average Bonchev–Trinajstić information content (AvgIpc) is 2.72. The third-order valence-corrected chi connectivity index (χ3v) is 3.35. The highest BCUT2D eigenvalue weighted by atomic mass is 19.1. The van der Waals surface area contributed by atoms with Gasteiger partial charge >= 0.3 is 11.9 Å². The predicted molar refractivity (Wildman–Crippen MR) is 74.8 cm³/mol. The van der Waals surface area contributed by atoms with Crippen LogP contribution < -0.4 is 0 Å². The van der Waals surface area contributed by atoms with Crippen molar-refractivity contribution >= 4 is 18.0 Å². The first-order valence-corrected chi connectivity index (χ1v) is 6.54. The van der Waals surface area contributed by atoms with Crippen molar-refractivity contribution in [3.05, 3.63) is 53.9 Å². The van der Waals surface area contributed by atoms with Crippen LogP contribution in [0.1, 0.15) is 18.4 Å². The van der Waals surface area contributed by atoms with Gasteiger partial charge in [0.25, 0.3) is 0 Å². The summed E-state index contributed by atoms with van der Waals surface area (Å²) in [6, 6.07) is 6.34. The number of cyclic esters (lactones) is 1. The Balaban J connectivity index is 1.94. The van der Waals surface area contributed by atoms with Crippen molar-refractivity contribution in [1.82, 2.24) is 0 Å². The number of hydrogen-bond donors (Lipinski definition) is 1. The van der Waals surface area contributed by atoms with Crippen molar-refractivity contribution < 1.29 is 23.8 Å². The zero-order chi connectivity index (χ0) is 15.4. The first-order chi connectivity index (χ1) is 10.0. The zero-order valence-corrected chi connectivity index (χ0v) is 11.3. The van der Waals surface area contributed by atoms with Crippen LogP contribution in [0.4, 0.5) is 4.39 Å². The summed E-state index contributed by atoms with van der Waals surface area (Å²) in [5.74, 6) is -3.10. The molecule has 1 aliphatic heterocycles. The second-order valence-corrected chi connectivity index (χ2v) is 4.79. The van der Waals surface area contributed by atoms with Gasteiger partial charge in [0, 0.05) is 11.1 Å². The SMILES string of the molecule is C=C1C(=O)OC(CC/C=C/c2ccccc2F)C1C(=O)O. The van der Waals surface area contributed by atoms with E-state index in [9.17, 15) is 14.0 Å². The van der Waals surface area contributed by atoms with Gasteiger partial charge in [0.2, 0.25) is 0 Å². The van der Waals surface area contributed by atoms with Crippen molar-refractivity contribution in [2.75, 3.05) is 0 Å². The Labute approximate surface area is 121 Å². The van der Waals surface area contributed by atoms with E-state index in [-0.39, 0.29) is 11.4 Å². The number of carbonyl (C=O) groups is 2. The topological polar surface area (TPSA) is 63.6 Å². The smallest absolute Gasteiger partial charge is 0.334 e. The zero-order valence-electron chi connectivity index (χ0n) is 11.3. The third-order valence-electron chi connectivity index (χ3n) is 3.35. The first-order valence-electron chi connectivity index (χ1n) is 6.54. The van der Waals surface area contributed by atoms with Crippen LogP contribution in [0.15, 0.2) is 42.5 Å². The van der Waals surface area contributed by atoms with Crippen LogP contribution in [0.5, 0.6) is 0 Å². The number of carboxylic acid groups (broad SMARTS) is 1. The summed E-state index contributed by atoms with van der Waals surface area (Å²) < 4.78 is 18.4. The van der Waals surface area contributed by atoms with Crippen molar-refractivity contribution in [1.29, 1.82) is 0 Å². The summed E-state index contributed by atoms with van der Waals surface area (Å²) in [5.41, 5.74) is 0.436. The molecule has 0 amide bonds. The number of hydrogen-bond acceptors (Lipinski definition) is 3. The summed E-state index contributed by atoms with van der Waals surface area (Å²) in [7, 11) is 0. The fourth-order valence-electron chi connectivity index (χ4n) is 2.25. The van der Waals surface area contributed by atoms with Gasteiger partial charge in [-0.1, -0.05) is 36.9 Å². The molecule has 0 aromatic heterocycles. The Kier molecular flexibility index (Phi) is 4.52. The Morgan fingerprint density at radius 1 is 1.43 bits per heavy atom. The summed E-state index contributed by atoms with van der Waals surface area (Å²) in [4.78, 5) is 22.5. The standard InChI is InChI=1S/C16H15FO4/c1-10-14(15(18)19)13(21-16(10)20)9-5-3-7-11-6-2-4-8-12(11)17/h2-4,6-8,13-14H,1,5,9H2,(H,18,19)/b7-3+. The lowest BCUT2D eigenvalue weighted by Crippen LogP contribution is -2.24. The molecule has 0 spiro atoms. The molecule has 1 aromatic rings. The second kappa shape index (κ2) is 6.35. The van der Waals surface area contributed by atoms with E-state index in [2.05, 4.69) is 6.58 Å². The van der Waals surface area contributed by atoms with Crippen LogP contribution in [0.2, 0.25) is 0 Å². The Morgan fingerprint density at radius 2 is 2.14 bits per heavy atom. The molecule has 21 heavy (non-hydrogen) atoms. The van der Waals surface area contributed by atoms with Gasteiger partial charge in [0.15, 0.2) is 0 Å². The van der Waals surface area contributed by atoms with Crippen LogP contribution >= 0.6 is 0 Å². The van der Waals surface area contributed by atoms with Crippen LogP contribution in [0.3, 0.4) is 0 Å². The largest absolute Gasteiger partial charge is 0.481 e. The monoisotopic (exact) mass is 290 g/mol. The number of esters is 1. The second-order valence-electron chi connectivity index (χ2n) is 4.79. The molecular formula is C16H15FO4. The van der Waals surface area contributed by atoms with Crippen molar-refractivity contribution in [3.63, 3.8) is 0 Å². The van der Waals surface area contributed by atoms with Gasteiger partial charge in [0.1, 0.15) is 17.8 Å². The van der Waals surface area contributed by atoms with Crippen LogP contribution in [0.25, 0.3) is 6.08 Å². The Morgan fingerprint density at radius 3 is 2.81 bits per heavy atom. The molecule has 1 N–H and O–H groups in total. The van der Waals surface area contributed by atoms with Crippen molar-refractivity contribution in [3.8, 4) is 0 Å². The number of carbonyl (C=O) groups excluding carboxylic acids is 1. The Hall–Kier alpha value is -2.43. The summed E-state index contributed by atoms with van der Waals surface area (Å²) in [6.07, 6.45) is 3.46. The highest BCUT2D eigenvalue weighted by Crippen LogP contribution is 2.29. The van der Waals surface area contributed by atoms with Crippen LogP contribution in [-0.2, 0) is 14.3 Å². The van der Waals surface area contributed by atoms with Crippen molar-refractivity contribution in [2.24, 2.45) is 5.92 Å². The van der Waals surface area contributed by atoms with Gasteiger partial charge in [-0.2, -0.15) is 0 Å². The summed E-state index contributed by atoms with van der Waals surface area (Å²) in [5, 5.41) is 9.08. The fraction of sp³-hybridized carbons (Fsp3) is 0.250. The third kappa shape index (κ3) is 3.37. The van der Waals surface area contributed by atoms with Gasteiger partial charge in [-0.25, -0.2) is 9.18 Å². The highest BCUT2D eigenvalue weighted by molar-refractivity contribution is 5.97. The molecule has 2 rings (SSSR count). The predicted octanol–water partition coefficient (Wildman–Crippen LogP) is 2.80. The van der Waals surface area contributed by atoms with E-state index in [1.54, 1.807) is 30.4 Å². The van der Waals surface area contributed by atoms with E-state index < -0.39 is 24.0 Å². The number of carboxylic acids is 1. The number of allylic oxidation sites excluding steroid dienone is 1. The van der Waals surface area contributed by atoms with Gasteiger partial charge in [-0.3, -0.25) is 4.79 Å². The molecule has 5 heteroatoms. The van der Waals surface area contributed by atoms with Crippen LogP contribution in [-0.4, -0.2) is 23.1 Å². The van der Waals surface area contributed by atoms with Gasteiger partial charge < -0.3 is 9.84 Å². The summed E-state index contributed by atoms with van der Waals surface area (Å²) in [6.45, 7) is 3.45. The van der Waals surface area contributed by atoms with Gasteiger partial charge in [-0.15, -0.1) is 0 Å². The molecule has 0 saturated carbocycles. The lowest BCUT2D eigenvalue weighted by Gasteiger charge is -2.12. The van der Waals surface area contributed by atoms with Gasteiger partial charge in [-0.05, 0) is 18.9 Å². The van der Waals surface area contributed by atoms with Gasteiger partial charge in [0.05, 0.1) is 0 Å². The average molecular weight is 290 g/mol. The maximum atomic E-state index is 13.4.